The molecule has 0 spiro atoms. The third kappa shape index (κ3) is 4.06. The summed E-state index contributed by atoms with van der Waals surface area (Å²) in [6.45, 7) is 2.79. The van der Waals surface area contributed by atoms with Crippen LogP contribution in [0.5, 0.6) is 5.75 Å². The number of nitriles is 1. The normalized spacial score (nSPS) is 10.8. The zero-order valence-corrected chi connectivity index (χ0v) is 17.8. The molecule has 0 radical (unpaired) electrons. The van der Waals surface area contributed by atoms with Crippen LogP contribution in [0.15, 0.2) is 77.6 Å². The Hall–Kier alpha value is -4.11. The molecule has 160 valence electrons. The lowest BCUT2D eigenvalue weighted by Gasteiger charge is -2.24. The van der Waals surface area contributed by atoms with Crippen LogP contribution < -0.4 is 15.1 Å². The molecule has 0 aliphatic heterocycles. The number of carbonyl (C=O) groups is 1. The predicted molar refractivity (Wildman–Crippen MR) is 126 cm³/mol. The van der Waals surface area contributed by atoms with Crippen molar-refractivity contribution in [2.24, 2.45) is 0 Å². The van der Waals surface area contributed by atoms with E-state index in [1.165, 1.54) is 0 Å². The van der Waals surface area contributed by atoms with Crippen LogP contribution in [0, 0.1) is 11.3 Å². The number of aromatic nitrogens is 1. The number of fused-ring (bicyclic) bond motifs is 2. The van der Waals surface area contributed by atoms with Crippen molar-refractivity contribution < 1.29 is 9.53 Å². The summed E-state index contributed by atoms with van der Waals surface area (Å²) in [5, 5.41) is 10.3. The maximum Gasteiger partial charge on any atom is 0.246 e. The van der Waals surface area contributed by atoms with Gasteiger partial charge in [0.25, 0.3) is 0 Å². The van der Waals surface area contributed by atoms with Gasteiger partial charge in [0, 0.05) is 23.0 Å². The summed E-state index contributed by atoms with van der Waals surface area (Å²) in [6.07, 6.45) is 0.213. The van der Waals surface area contributed by atoms with Gasteiger partial charge in [-0.05, 0) is 55.5 Å². The molecule has 1 amide bonds. The molecule has 0 fully saturated rings. The van der Waals surface area contributed by atoms with Gasteiger partial charge in [0.2, 0.25) is 5.91 Å². The molecular formula is C26H23N3O3. The lowest BCUT2D eigenvalue weighted by molar-refractivity contribution is -0.119. The molecule has 32 heavy (non-hydrogen) atoms. The standard InChI is InChI=1S/C26H23N3O3/c1-2-32-20-14-12-19(13-15-20)28(17-7-16-27)25(30)18-29-23-10-5-3-8-21(23)26(31)22-9-4-6-11-24(22)29/h3-6,8-15H,2,7,17-18H2,1H3. The van der Waals surface area contributed by atoms with E-state index in [0.717, 1.165) is 5.75 Å². The summed E-state index contributed by atoms with van der Waals surface area (Å²) in [7, 11) is 0. The van der Waals surface area contributed by atoms with Gasteiger partial charge in [-0.3, -0.25) is 9.59 Å². The zero-order chi connectivity index (χ0) is 22.5. The molecule has 0 bridgehead atoms. The number of carbonyl (C=O) groups excluding carboxylic acids is 1. The van der Waals surface area contributed by atoms with Gasteiger partial charge < -0.3 is 14.2 Å². The Kier molecular flexibility index (Phi) is 6.18. The first-order valence-electron chi connectivity index (χ1n) is 10.5. The number of nitrogens with zero attached hydrogens (tertiary/aromatic N) is 3. The highest BCUT2D eigenvalue weighted by Crippen LogP contribution is 2.23. The van der Waals surface area contributed by atoms with Crippen molar-refractivity contribution in [1.82, 2.24) is 4.57 Å². The maximum atomic E-state index is 13.5. The fourth-order valence-corrected chi connectivity index (χ4v) is 3.92. The van der Waals surface area contributed by atoms with E-state index in [1.807, 2.05) is 72.2 Å². The van der Waals surface area contributed by atoms with E-state index < -0.39 is 0 Å². The Morgan fingerprint density at radius 2 is 1.56 bits per heavy atom. The Balaban J connectivity index is 1.77. The van der Waals surface area contributed by atoms with Crippen molar-refractivity contribution in [1.29, 1.82) is 5.26 Å². The van der Waals surface area contributed by atoms with Gasteiger partial charge in [-0.1, -0.05) is 24.3 Å². The molecule has 0 aliphatic carbocycles. The second-order valence-electron chi connectivity index (χ2n) is 7.33. The first kappa shape index (κ1) is 21.1. The number of ether oxygens (including phenoxy) is 1. The van der Waals surface area contributed by atoms with Crippen molar-refractivity contribution in [2.45, 2.75) is 19.9 Å². The van der Waals surface area contributed by atoms with Gasteiger partial charge in [-0.15, -0.1) is 0 Å². The third-order valence-electron chi connectivity index (χ3n) is 5.38. The zero-order valence-electron chi connectivity index (χ0n) is 17.8. The van der Waals surface area contributed by atoms with Crippen LogP contribution in [-0.2, 0) is 11.3 Å². The summed E-state index contributed by atoms with van der Waals surface area (Å²) >= 11 is 0. The first-order chi connectivity index (χ1) is 15.6. The summed E-state index contributed by atoms with van der Waals surface area (Å²) in [5.41, 5.74) is 2.06. The minimum Gasteiger partial charge on any atom is -0.494 e. The minimum atomic E-state index is -0.164. The van der Waals surface area contributed by atoms with Crippen molar-refractivity contribution in [3.05, 3.63) is 83.0 Å². The average molecular weight is 425 g/mol. The number of hydrogen-bond acceptors (Lipinski definition) is 4. The highest BCUT2D eigenvalue weighted by molar-refractivity contribution is 5.98. The summed E-state index contributed by atoms with van der Waals surface area (Å²) in [6, 6.07) is 24.0. The van der Waals surface area contributed by atoms with Crippen LogP contribution in [0.1, 0.15) is 13.3 Å². The molecule has 0 saturated carbocycles. The van der Waals surface area contributed by atoms with E-state index >= 15 is 0 Å². The summed E-state index contributed by atoms with van der Waals surface area (Å²) in [5.74, 6) is 0.560. The fraction of sp³-hybridized carbons (Fsp3) is 0.192. The molecule has 0 unspecified atom stereocenters. The van der Waals surface area contributed by atoms with Gasteiger partial charge in [0.05, 0.1) is 30.1 Å². The lowest BCUT2D eigenvalue weighted by Crippen LogP contribution is -2.35. The van der Waals surface area contributed by atoms with Crippen LogP contribution in [-0.4, -0.2) is 23.6 Å². The van der Waals surface area contributed by atoms with Crippen LogP contribution in [0.2, 0.25) is 0 Å². The van der Waals surface area contributed by atoms with Gasteiger partial charge in [0.15, 0.2) is 5.43 Å². The molecule has 6 nitrogen and oxygen atoms in total. The van der Waals surface area contributed by atoms with E-state index in [4.69, 9.17) is 10.00 Å². The van der Waals surface area contributed by atoms with E-state index in [2.05, 4.69) is 6.07 Å². The summed E-state index contributed by atoms with van der Waals surface area (Å²) < 4.78 is 7.37. The Morgan fingerprint density at radius 1 is 0.969 bits per heavy atom. The Morgan fingerprint density at radius 3 is 2.12 bits per heavy atom. The number of benzene rings is 3. The third-order valence-corrected chi connectivity index (χ3v) is 5.38. The van der Waals surface area contributed by atoms with Crippen LogP contribution in [0.4, 0.5) is 5.69 Å². The minimum absolute atomic E-state index is 0.0416. The smallest absolute Gasteiger partial charge is 0.246 e. The Labute approximate surface area is 185 Å². The average Bonchev–Trinajstić information content (AvgIpc) is 2.83. The molecule has 1 heterocycles. The largest absolute Gasteiger partial charge is 0.494 e. The van der Waals surface area contributed by atoms with Gasteiger partial charge in [0.1, 0.15) is 12.3 Å². The van der Waals surface area contributed by atoms with Gasteiger partial charge in [-0.2, -0.15) is 5.26 Å². The number of pyridine rings is 1. The second kappa shape index (κ2) is 9.36. The topological polar surface area (TPSA) is 75.3 Å². The van der Waals surface area contributed by atoms with E-state index in [9.17, 15) is 9.59 Å². The quantitative estimate of drug-likeness (QED) is 0.409. The SMILES string of the molecule is CCOc1ccc(N(CCC#N)C(=O)Cn2c3ccccc3c(=O)c3ccccc32)cc1. The highest BCUT2D eigenvalue weighted by atomic mass is 16.5. The molecule has 6 heteroatoms. The summed E-state index contributed by atoms with van der Waals surface area (Å²) in [4.78, 5) is 28.1. The first-order valence-corrected chi connectivity index (χ1v) is 10.5. The molecule has 0 atom stereocenters. The predicted octanol–water partition coefficient (Wildman–Crippen LogP) is 4.50. The number of hydrogen-bond donors (Lipinski definition) is 0. The van der Waals surface area contributed by atoms with Crippen LogP contribution in [0.25, 0.3) is 21.8 Å². The van der Waals surface area contributed by atoms with Crippen molar-refractivity contribution in [3.63, 3.8) is 0 Å². The van der Waals surface area contributed by atoms with Crippen molar-refractivity contribution in [2.75, 3.05) is 18.1 Å². The number of para-hydroxylation sites is 2. The molecule has 3 aromatic carbocycles. The molecule has 0 aliphatic rings. The molecular weight excluding hydrogens is 402 g/mol. The number of amides is 1. The highest BCUT2D eigenvalue weighted by Gasteiger charge is 2.19. The number of anilines is 1. The molecule has 0 N–H and O–H groups in total. The van der Waals surface area contributed by atoms with E-state index in [1.54, 1.807) is 17.0 Å². The lowest BCUT2D eigenvalue weighted by atomic mass is 10.1. The Bertz CT molecular complexity index is 1310. The van der Waals surface area contributed by atoms with Crippen LogP contribution in [0.3, 0.4) is 0 Å². The number of rotatable bonds is 7. The van der Waals surface area contributed by atoms with Crippen LogP contribution >= 0.6 is 0 Å². The van der Waals surface area contributed by atoms with Gasteiger partial charge >= 0.3 is 0 Å². The van der Waals surface area contributed by atoms with Gasteiger partial charge in [-0.25, -0.2) is 0 Å². The maximum absolute atomic E-state index is 13.5. The molecule has 4 aromatic rings. The molecule has 0 saturated heterocycles. The molecule has 4 rings (SSSR count). The monoisotopic (exact) mass is 425 g/mol. The molecule has 1 aromatic heterocycles. The van der Waals surface area contributed by atoms with E-state index in [-0.39, 0.29) is 30.8 Å². The second-order valence-corrected chi connectivity index (χ2v) is 7.33. The van der Waals surface area contributed by atoms with E-state index in [0.29, 0.717) is 34.1 Å². The van der Waals surface area contributed by atoms with Crippen molar-refractivity contribution in [3.8, 4) is 11.8 Å². The van der Waals surface area contributed by atoms with Crippen molar-refractivity contribution >= 4 is 33.4 Å². The fourth-order valence-electron chi connectivity index (χ4n) is 3.92.